The summed E-state index contributed by atoms with van der Waals surface area (Å²) < 4.78 is 26.8. The molecule has 5 rings (SSSR count). The highest BCUT2D eigenvalue weighted by molar-refractivity contribution is 9.10. The molecule has 0 atom stereocenters. The quantitative estimate of drug-likeness (QED) is 0.305. The van der Waals surface area contributed by atoms with E-state index in [1.165, 1.54) is 35.6 Å². The number of carbonyl (C=O) groups excluding carboxylic acids is 1. The van der Waals surface area contributed by atoms with E-state index in [9.17, 15) is 14.0 Å². The Morgan fingerprint density at radius 2 is 1.91 bits per heavy atom. The van der Waals surface area contributed by atoms with E-state index in [2.05, 4.69) is 26.2 Å². The van der Waals surface area contributed by atoms with E-state index >= 15 is 0 Å². The van der Waals surface area contributed by atoms with Gasteiger partial charge in [-0.3, -0.25) is 14.9 Å². The number of para-hydroxylation sites is 1. The molecule has 2 heterocycles. The van der Waals surface area contributed by atoms with Crippen LogP contribution in [0.3, 0.4) is 0 Å². The van der Waals surface area contributed by atoms with Crippen LogP contribution in [0.2, 0.25) is 0 Å². The Morgan fingerprint density at radius 3 is 2.73 bits per heavy atom. The fourth-order valence-electron chi connectivity index (χ4n) is 3.29. The molecule has 0 spiro atoms. The summed E-state index contributed by atoms with van der Waals surface area (Å²) in [6, 6.07) is 17.8. The average Bonchev–Trinajstić information content (AvgIpc) is 3.20. The van der Waals surface area contributed by atoms with Crippen molar-refractivity contribution in [3.05, 3.63) is 87.2 Å². The maximum absolute atomic E-state index is 13.4. The smallest absolute Gasteiger partial charge is 0.264 e. The van der Waals surface area contributed by atoms with Crippen LogP contribution in [0.1, 0.15) is 0 Å². The van der Waals surface area contributed by atoms with Crippen molar-refractivity contribution >= 4 is 59.5 Å². The van der Waals surface area contributed by atoms with Gasteiger partial charge in [-0.15, -0.1) is 0 Å². The first-order valence-corrected chi connectivity index (χ1v) is 11.4. The fourth-order valence-corrected chi connectivity index (χ4v) is 4.51. The van der Waals surface area contributed by atoms with Crippen molar-refractivity contribution < 1.29 is 18.3 Å². The van der Waals surface area contributed by atoms with Crippen LogP contribution < -0.4 is 15.5 Å². The summed E-state index contributed by atoms with van der Waals surface area (Å²) in [4.78, 5) is 30.0. The van der Waals surface area contributed by atoms with Crippen molar-refractivity contribution in [2.45, 2.75) is 0 Å². The van der Waals surface area contributed by atoms with Gasteiger partial charge in [-0.2, -0.15) is 0 Å². The molecule has 0 aliphatic rings. The Kier molecular flexibility index (Phi) is 5.65. The lowest BCUT2D eigenvalue weighted by atomic mass is 10.1. The summed E-state index contributed by atoms with van der Waals surface area (Å²) in [7, 11) is 0. The first-order valence-electron chi connectivity index (χ1n) is 9.78. The van der Waals surface area contributed by atoms with Gasteiger partial charge in [-0.1, -0.05) is 39.4 Å². The third kappa shape index (κ3) is 4.37. The number of benzene rings is 3. The maximum Gasteiger partial charge on any atom is 0.264 e. The molecule has 9 heteroatoms. The van der Waals surface area contributed by atoms with Crippen LogP contribution in [0.15, 0.2) is 80.4 Å². The molecule has 0 bridgehead atoms. The van der Waals surface area contributed by atoms with Crippen molar-refractivity contribution in [2.24, 2.45) is 0 Å². The second-order valence-corrected chi connectivity index (χ2v) is 9.01. The first-order chi connectivity index (χ1) is 16.0. The lowest BCUT2D eigenvalue weighted by Gasteiger charge is -2.11. The van der Waals surface area contributed by atoms with E-state index < -0.39 is 23.8 Å². The number of nitrogens with zero attached hydrogens (tertiary/aromatic N) is 1. The Bertz CT molecular complexity index is 1560. The molecule has 0 aliphatic heterocycles. The minimum atomic E-state index is -0.481. The molecule has 0 unspecified atom stereocenters. The minimum absolute atomic E-state index is 0.122. The molecule has 1 amide bonds. The number of anilines is 1. The number of hydrogen-bond donors (Lipinski definition) is 1. The van der Waals surface area contributed by atoms with Crippen molar-refractivity contribution in [3.8, 4) is 17.1 Å². The Labute approximate surface area is 198 Å². The highest BCUT2D eigenvalue weighted by Gasteiger charge is 2.19. The lowest BCUT2D eigenvalue weighted by Crippen LogP contribution is -2.22. The van der Waals surface area contributed by atoms with E-state index in [1.54, 1.807) is 24.3 Å². The number of fused-ring (bicyclic) bond motifs is 2. The Hall–Kier alpha value is -3.56. The van der Waals surface area contributed by atoms with Gasteiger partial charge in [0.15, 0.2) is 17.5 Å². The number of amides is 1. The fraction of sp³-hybridized carbons (Fsp3) is 0.0417. The van der Waals surface area contributed by atoms with Crippen LogP contribution >= 0.6 is 27.3 Å². The van der Waals surface area contributed by atoms with Gasteiger partial charge in [-0.25, -0.2) is 9.37 Å². The van der Waals surface area contributed by atoms with Crippen LogP contribution in [0.5, 0.6) is 5.75 Å². The molecule has 6 nitrogen and oxygen atoms in total. The van der Waals surface area contributed by atoms with Gasteiger partial charge in [0.05, 0.1) is 15.6 Å². The third-order valence-corrected chi connectivity index (χ3v) is 6.25. The number of aromatic nitrogens is 1. The molecule has 5 aromatic rings. The highest BCUT2D eigenvalue weighted by atomic mass is 79.9. The number of ether oxygens (including phenoxy) is 1. The van der Waals surface area contributed by atoms with E-state index in [4.69, 9.17) is 9.15 Å². The van der Waals surface area contributed by atoms with E-state index in [1.807, 2.05) is 18.2 Å². The van der Waals surface area contributed by atoms with Crippen molar-refractivity contribution in [3.63, 3.8) is 0 Å². The van der Waals surface area contributed by atoms with Gasteiger partial charge in [0.25, 0.3) is 5.91 Å². The SMILES string of the molecule is O=C(COc1c(-c2ccc(F)cc2)oc2ccccc2c1=O)Nc1nc2cc(Br)ccc2s1. The molecule has 2 aromatic heterocycles. The summed E-state index contributed by atoms with van der Waals surface area (Å²) in [5.41, 5.74) is 1.14. The molecule has 33 heavy (non-hydrogen) atoms. The zero-order valence-corrected chi connectivity index (χ0v) is 19.2. The largest absolute Gasteiger partial charge is 0.476 e. The molecule has 0 aliphatic carbocycles. The van der Waals surface area contributed by atoms with Gasteiger partial charge in [0, 0.05) is 10.0 Å². The lowest BCUT2D eigenvalue weighted by molar-refractivity contribution is -0.118. The van der Waals surface area contributed by atoms with Crippen LogP contribution in [0.25, 0.3) is 32.5 Å². The zero-order valence-electron chi connectivity index (χ0n) is 16.8. The molecule has 0 saturated carbocycles. The van der Waals surface area contributed by atoms with Crippen molar-refractivity contribution in [2.75, 3.05) is 11.9 Å². The van der Waals surface area contributed by atoms with Gasteiger partial charge < -0.3 is 9.15 Å². The Balaban J connectivity index is 1.44. The molecule has 0 radical (unpaired) electrons. The first kappa shape index (κ1) is 21.3. The average molecular weight is 525 g/mol. The van der Waals surface area contributed by atoms with E-state index in [0.717, 1.165) is 14.7 Å². The number of thiazole rings is 1. The predicted octanol–water partition coefficient (Wildman–Crippen LogP) is 5.99. The number of rotatable bonds is 5. The summed E-state index contributed by atoms with van der Waals surface area (Å²) >= 11 is 4.72. The van der Waals surface area contributed by atoms with Crippen molar-refractivity contribution in [1.29, 1.82) is 0 Å². The topological polar surface area (TPSA) is 81.4 Å². The number of halogens is 2. The van der Waals surface area contributed by atoms with Gasteiger partial charge in [-0.05, 0) is 54.6 Å². The monoisotopic (exact) mass is 524 g/mol. The van der Waals surface area contributed by atoms with Gasteiger partial charge in [0.2, 0.25) is 11.2 Å². The van der Waals surface area contributed by atoms with E-state index in [-0.39, 0.29) is 11.5 Å². The second kappa shape index (κ2) is 8.76. The standard InChI is InChI=1S/C24H14BrFN2O4S/c25-14-7-10-19-17(11-14)27-24(33-19)28-20(29)12-31-23-21(30)16-3-1-2-4-18(16)32-22(23)13-5-8-15(26)9-6-13/h1-11H,12H2,(H,27,28,29). The molecular weight excluding hydrogens is 511 g/mol. The van der Waals surface area contributed by atoms with Crippen LogP contribution in [-0.2, 0) is 4.79 Å². The summed E-state index contributed by atoms with van der Waals surface area (Å²) in [6.45, 7) is -0.434. The van der Waals surface area contributed by atoms with Crippen molar-refractivity contribution in [1.82, 2.24) is 4.98 Å². The third-order valence-electron chi connectivity index (χ3n) is 4.81. The van der Waals surface area contributed by atoms with Gasteiger partial charge >= 0.3 is 0 Å². The normalized spacial score (nSPS) is 11.1. The molecule has 3 aromatic carbocycles. The van der Waals surface area contributed by atoms with Crippen LogP contribution in [0, 0.1) is 5.82 Å². The van der Waals surface area contributed by atoms with Gasteiger partial charge in [0.1, 0.15) is 11.4 Å². The maximum atomic E-state index is 13.4. The minimum Gasteiger partial charge on any atom is -0.476 e. The molecule has 164 valence electrons. The van der Waals surface area contributed by atoms with Crippen LogP contribution in [-0.4, -0.2) is 17.5 Å². The molecular formula is C24H14BrFN2O4S. The summed E-state index contributed by atoms with van der Waals surface area (Å²) in [6.07, 6.45) is 0. The Morgan fingerprint density at radius 1 is 1.12 bits per heavy atom. The number of carbonyl (C=O) groups is 1. The summed E-state index contributed by atoms with van der Waals surface area (Å²) in [5.74, 6) is -0.905. The highest BCUT2D eigenvalue weighted by Crippen LogP contribution is 2.31. The molecule has 0 saturated heterocycles. The zero-order chi connectivity index (χ0) is 22.9. The van der Waals surface area contributed by atoms with E-state index in [0.29, 0.717) is 21.7 Å². The predicted molar refractivity (Wildman–Crippen MR) is 129 cm³/mol. The number of nitrogens with one attached hydrogen (secondary N) is 1. The number of hydrogen-bond acceptors (Lipinski definition) is 6. The molecule has 0 fully saturated rings. The second-order valence-electron chi connectivity index (χ2n) is 7.06. The van der Waals surface area contributed by atoms with Crippen LogP contribution in [0.4, 0.5) is 9.52 Å². The molecule has 1 N–H and O–H groups in total. The summed E-state index contributed by atoms with van der Waals surface area (Å²) in [5, 5.41) is 3.42.